The molecule has 2 unspecified atom stereocenters. The van der Waals surface area contributed by atoms with Crippen LogP contribution in [-0.4, -0.2) is 76.7 Å². The van der Waals surface area contributed by atoms with Crippen LogP contribution in [0.2, 0.25) is 0 Å². The Labute approximate surface area is 154 Å². The van der Waals surface area contributed by atoms with Crippen molar-refractivity contribution in [3.8, 4) is 6.19 Å². The minimum Gasteiger partial charge on any atom is -0.315 e. The molecule has 138 valence electrons. The molecule has 3 heterocycles. The van der Waals surface area contributed by atoms with Crippen LogP contribution < -0.4 is 5.32 Å². The van der Waals surface area contributed by atoms with Gasteiger partial charge in [-0.25, -0.2) is 0 Å². The molecule has 1 aliphatic carbocycles. The molecule has 25 heavy (non-hydrogen) atoms. The molecule has 4 fully saturated rings. The average Bonchev–Trinajstić information content (AvgIpc) is 3.12. The van der Waals surface area contributed by atoms with Gasteiger partial charge in [-0.05, 0) is 18.3 Å². The molecule has 0 bridgehead atoms. The summed E-state index contributed by atoms with van der Waals surface area (Å²) in [5.74, 6) is 1.80. The van der Waals surface area contributed by atoms with E-state index in [0.717, 1.165) is 44.6 Å². The number of thioether (sulfide) groups is 1. The Bertz CT molecular complexity index is 552. The Kier molecular flexibility index (Phi) is 5.12. The fourth-order valence-electron chi connectivity index (χ4n) is 5.00. The number of nitrogens with zero attached hydrogens (tertiary/aromatic N) is 4. The van der Waals surface area contributed by atoms with Crippen molar-refractivity contribution in [2.45, 2.75) is 49.4 Å². The second-order valence-electron chi connectivity index (χ2n) is 7.99. The molecule has 1 N–H and O–H groups in total. The Morgan fingerprint density at radius 1 is 1.20 bits per heavy atom. The fraction of sp³-hybridized carbons (Fsp3) is 0.889. The van der Waals surface area contributed by atoms with E-state index in [1.54, 1.807) is 4.90 Å². The summed E-state index contributed by atoms with van der Waals surface area (Å²) in [4.78, 5) is 19.1. The van der Waals surface area contributed by atoms with Crippen LogP contribution >= 0.6 is 11.8 Å². The number of fused-ring (bicyclic) bond motifs is 1. The fourth-order valence-corrected chi connectivity index (χ4v) is 6.67. The smallest absolute Gasteiger partial charge is 0.243 e. The van der Waals surface area contributed by atoms with Gasteiger partial charge in [0.25, 0.3) is 0 Å². The molecule has 0 aromatic heterocycles. The third-order valence-corrected chi connectivity index (χ3v) is 8.11. The third kappa shape index (κ3) is 3.36. The van der Waals surface area contributed by atoms with Gasteiger partial charge in [-0.3, -0.25) is 15.0 Å². The van der Waals surface area contributed by atoms with E-state index in [1.807, 2.05) is 16.7 Å². The predicted octanol–water partition coefficient (Wildman–Crippen LogP) is 1.11. The Morgan fingerprint density at radius 3 is 2.80 bits per heavy atom. The van der Waals surface area contributed by atoms with Crippen LogP contribution in [0.4, 0.5) is 0 Å². The maximum atomic E-state index is 13.1. The van der Waals surface area contributed by atoms with Crippen molar-refractivity contribution in [1.29, 1.82) is 5.26 Å². The molecule has 6 nitrogen and oxygen atoms in total. The lowest BCUT2D eigenvalue weighted by atomic mass is 9.78. The van der Waals surface area contributed by atoms with Gasteiger partial charge in [0.15, 0.2) is 6.19 Å². The lowest BCUT2D eigenvalue weighted by Crippen LogP contribution is -2.66. The summed E-state index contributed by atoms with van der Waals surface area (Å²) in [6.45, 7) is 7.28. The van der Waals surface area contributed by atoms with Gasteiger partial charge in [-0.2, -0.15) is 5.26 Å². The van der Waals surface area contributed by atoms with Gasteiger partial charge in [-0.15, -0.1) is 11.8 Å². The average molecular weight is 364 g/mol. The molecule has 0 aromatic carbocycles. The summed E-state index contributed by atoms with van der Waals surface area (Å²) in [5, 5.41) is 13.4. The van der Waals surface area contributed by atoms with Crippen molar-refractivity contribution in [3.05, 3.63) is 0 Å². The van der Waals surface area contributed by atoms with E-state index < -0.39 is 0 Å². The molecule has 3 saturated heterocycles. The standard InChI is InChI=1S/C18H29N5OS/c1-13-4-2-3-5-14(13)16-10-20-18(25-16)23-9-8-22-7-6-21(12-19)11-15(22)17(23)24/h13-16,18,20H,2-11H2,1H3/t13-,14+,15+,16?,18?/m0/s1. The van der Waals surface area contributed by atoms with Crippen LogP contribution in [0.3, 0.4) is 0 Å². The van der Waals surface area contributed by atoms with Gasteiger partial charge in [0, 0.05) is 38.0 Å². The number of nitrogens with one attached hydrogen (secondary N) is 1. The highest BCUT2D eigenvalue weighted by Crippen LogP contribution is 2.41. The number of amides is 1. The van der Waals surface area contributed by atoms with Gasteiger partial charge >= 0.3 is 0 Å². The Balaban J connectivity index is 1.39. The highest BCUT2D eigenvalue weighted by Gasteiger charge is 2.44. The van der Waals surface area contributed by atoms with Gasteiger partial charge in [0.05, 0.1) is 6.54 Å². The topological polar surface area (TPSA) is 62.6 Å². The van der Waals surface area contributed by atoms with E-state index in [-0.39, 0.29) is 17.4 Å². The zero-order valence-corrected chi connectivity index (χ0v) is 15.9. The van der Waals surface area contributed by atoms with Crippen LogP contribution in [-0.2, 0) is 4.79 Å². The van der Waals surface area contributed by atoms with Crippen LogP contribution in [0, 0.1) is 23.3 Å². The normalized spacial score (nSPS) is 40.0. The maximum absolute atomic E-state index is 13.1. The highest BCUT2D eigenvalue weighted by molar-refractivity contribution is 8.00. The first-order valence-corrected chi connectivity index (χ1v) is 10.7. The van der Waals surface area contributed by atoms with E-state index in [9.17, 15) is 4.79 Å². The zero-order valence-electron chi connectivity index (χ0n) is 15.1. The van der Waals surface area contributed by atoms with Crippen molar-refractivity contribution in [2.24, 2.45) is 11.8 Å². The summed E-state index contributed by atoms with van der Waals surface area (Å²) < 4.78 is 0. The Morgan fingerprint density at radius 2 is 2.00 bits per heavy atom. The monoisotopic (exact) mass is 363 g/mol. The van der Waals surface area contributed by atoms with Crippen LogP contribution in [0.5, 0.6) is 0 Å². The first-order valence-electron chi connectivity index (χ1n) is 9.75. The number of hydrogen-bond donors (Lipinski definition) is 1. The number of nitriles is 1. The summed E-state index contributed by atoms with van der Waals surface area (Å²) in [5.41, 5.74) is 0.117. The summed E-state index contributed by atoms with van der Waals surface area (Å²) in [7, 11) is 0. The van der Waals surface area contributed by atoms with Crippen LogP contribution in [0.25, 0.3) is 0 Å². The summed E-state index contributed by atoms with van der Waals surface area (Å²) in [6.07, 6.45) is 7.65. The number of carbonyl (C=O) groups excluding carboxylic acids is 1. The molecule has 4 aliphatic rings. The molecule has 5 atom stereocenters. The van der Waals surface area contributed by atoms with E-state index in [0.29, 0.717) is 11.8 Å². The largest absolute Gasteiger partial charge is 0.315 e. The van der Waals surface area contributed by atoms with E-state index in [2.05, 4.69) is 23.3 Å². The van der Waals surface area contributed by atoms with Gasteiger partial charge in [0.1, 0.15) is 11.5 Å². The van der Waals surface area contributed by atoms with E-state index >= 15 is 0 Å². The van der Waals surface area contributed by atoms with Crippen molar-refractivity contribution >= 4 is 17.7 Å². The first-order chi connectivity index (χ1) is 12.2. The summed E-state index contributed by atoms with van der Waals surface area (Å²) >= 11 is 1.97. The molecule has 7 heteroatoms. The lowest BCUT2D eigenvalue weighted by Gasteiger charge is -2.46. The van der Waals surface area contributed by atoms with E-state index in [1.165, 1.54) is 25.7 Å². The quantitative estimate of drug-likeness (QED) is 0.742. The molecule has 0 aromatic rings. The van der Waals surface area contributed by atoms with E-state index in [4.69, 9.17) is 5.26 Å². The number of carbonyl (C=O) groups is 1. The second-order valence-corrected chi connectivity index (χ2v) is 9.31. The van der Waals surface area contributed by atoms with Gasteiger partial charge in [0.2, 0.25) is 5.91 Å². The molecule has 1 amide bonds. The molecule has 4 rings (SSSR count). The van der Waals surface area contributed by atoms with Crippen LogP contribution in [0.1, 0.15) is 32.6 Å². The molecular weight excluding hydrogens is 334 g/mol. The minimum atomic E-state index is -0.141. The molecule has 3 aliphatic heterocycles. The molecular formula is C18H29N5OS. The lowest BCUT2D eigenvalue weighted by molar-refractivity contribution is -0.145. The Hall–Kier alpha value is -0.970. The molecule has 0 radical (unpaired) electrons. The number of hydrogen-bond acceptors (Lipinski definition) is 6. The van der Waals surface area contributed by atoms with Crippen molar-refractivity contribution in [1.82, 2.24) is 20.0 Å². The second kappa shape index (κ2) is 7.34. The first kappa shape index (κ1) is 17.4. The van der Waals surface area contributed by atoms with Crippen LogP contribution in [0.15, 0.2) is 0 Å². The number of rotatable bonds is 2. The third-order valence-electron chi connectivity index (χ3n) is 6.56. The number of piperazine rings is 2. The highest BCUT2D eigenvalue weighted by atomic mass is 32.2. The predicted molar refractivity (Wildman–Crippen MR) is 98.6 cm³/mol. The SMILES string of the molecule is C[C@H]1CCCC[C@H]1C1CNC(N2CCN3CCN(C#N)C[C@@H]3C2=O)S1. The molecule has 0 spiro atoms. The maximum Gasteiger partial charge on any atom is 0.243 e. The molecule has 1 saturated carbocycles. The van der Waals surface area contributed by atoms with Gasteiger partial charge in [-0.1, -0.05) is 26.2 Å². The summed E-state index contributed by atoms with van der Waals surface area (Å²) in [6, 6.07) is -0.141. The van der Waals surface area contributed by atoms with Crippen molar-refractivity contribution in [2.75, 3.05) is 39.3 Å². The minimum absolute atomic E-state index is 0.117. The van der Waals surface area contributed by atoms with Gasteiger partial charge < -0.3 is 9.80 Å². The van der Waals surface area contributed by atoms with Crippen molar-refractivity contribution in [3.63, 3.8) is 0 Å². The van der Waals surface area contributed by atoms with Crippen molar-refractivity contribution < 1.29 is 4.79 Å². The zero-order chi connectivity index (χ0) is 17.4.